The summed E-state index contributed by atoms with van der Waals surface area (Å²) in [5.41, 5.74) is 4.63. The molecule has 0 saturated heterocycles. The lowest BCUT2D eigenvalue weighted by Gasteiger charge is -2.08. The van der Waals surface area contributed by atoms with E-state index in [0.29, 0.717) is 34.2 Å². The molecular weight excluding hydrogens is 448 g/mol. The average Bonchev–Trinajstić information content (AvgIpc) is 3.31. The predicted molar refractivity (Wildman–Crippen MR) is 129 cm³/mol. The highest BCUT2D eigenvalue weighted by Crippen LogP contribution is 2.22. The SMILES string of the molecule is Cc1nn(-c2ccc(Oc3ccc(NC(=O)Cn4c(=O)oc5ccccc54)cc3)nn2)c(C)c1C. The van der Waals surface area contributed by atoms with Gasteiger partial charge in [-0.1, -0.05) is 12.1 Å². The van der Waals surface area contributed by atoms with Crippen LogP contribution in [-0.4, -0.2) is 30.5 Å². The minimum atomic E-state index is -0.579. The van der Waals surface area contributed by atoms with Gasteiger partial charge < -0.3 is 14.5 Å². The fourth-order valence-electron chi connectivity index (χ4n) is 3.66. The fourth-order valence-corrected chi connectivity index (χ4v) is 3.66. The Morgan fingerprint density at radius 3 is 2.46 bits per heavy atom. The lowest BCUT2D eigenvalue weighted by Crippen LogP contribution is -2.24. The molecule has 1 amide bonds. The highest BCUT2D eigenvalue weighted by Gasteiger charge is 2.13. The Labute approximate surface area is 199 Å². The third-order valence-electron chi connectivity index (χ3n) is 5.73. The molecule has 5 aromatic rings. The number of carbonyl (C=O) groups is 1. The molecule has 0 aliphatic rings. The zero-order chi connectivity index (χ0) is 24.5. The number of benzene rings is 2. The smallest absolute Gasteiger partial charge is 0.420 e. The zero-order valence-electron chi connectivity index (χ0n) is 19.3. The van der Waals surface area contributed by atoms with E-state index in [-0.39, 0.29) is 12.5 Å². The van der Waals surface area contributed by atoms with Gasteiger partial charge in [0.15, 0.2) is 11.4 Å². The molecule has 0 radical (unpaired) electrons. The molecule has 0 unspecified atom stereocenters. The highest BCUT2D eigenvalue weighted by atomic mass is 16.5. The van der Waals surface area contributed by atoms with E-state index in [1.807, 2.05) is 20.8 Å². The van der Waals surface area contributed by atoms with Crippen LogP contribution in [0.15, 0.2) is 69.9 Å². The Morgan fingerprint density at radius 1 is 1.00 bits per heavy atom. The minimum Gasteiger partial charge on any atom is -0.438 e. The molecule has 2 aromatic carbocycles. The summed E-state index contributed by atoms with van der Waals surface area (Å²) < 4.78 is 14.0. The minimum absolute atomic E-state index is 0.162. The van der Waals surface area contributed by atoms with Crippen molar-refractivity contribution in [3.63, 3.8) is 0 Å². The fraction of sp³-hybridized carbons (Fsp3) is 0.160. The Kier molecular flexibility index (Phi) is 5.61. The summed E-state index contributed by atoms with van der Waals surface area (Å²) in [6.45, 7) is 5.79. The number of carbonyl (C=O) groups excluding carboxylic acids is 1. The second-order valence-corrected chi connectivity index (χ2v) is 8.03. The molecule has 0 spiro atoms. The average molecular weight is 470 g/mol. The molecule has 35 heavy (non-hydrogen) atoms. The van der Waals surface area contributed by atoms with Crippen molar-refractivity contribution >= 4 is 22.7 Å². The van der Waals surface area contributed by atoms with Crippen molar-refractivity contribution in [2.24, 2.45) is 0 Å². The van der Waals surface area contributed by atoms with Gasteiger partial charge in [0.1, 0.15) is 12.3 Å². The van der Waals surface area contributed by atoms with Crippen LogP contribution in [0.5, 0.6) is 11.6 Å². The first-order valence-corrected chi connectivity index (χ1v) is 10.9. The Hall–Kier alpha value is -4.73. The quantitative estimate of drug-likeness (QED) is 0.400. The highest BCUT2D eigenvalue weighted by molar-refractivity contribution is 5.91. The van der Waals surface area contributed by atoms with Gasteiger partial charge in [-0.15, -0.1) is 10.2 Å². The van der Waals surface area contributed by atoms with Crippen LogP contribution < -0.4 is 15.8 Å². The van der Waals surface area contributed by atoms with E-state index in [2.05, 4.69) is 20.6 Å². The van der Waals surface area contributed by atoms with Crippen molar-refractivity contribution in [2.75, 3.05) is 5.32 Å². The normalized spacial score (nSPS) is 11.1. The molecule has 10 heteroatoms. The maximum absolute atomic E-state index is 12.5. The third-order valence-corrected chi connectivity index (χ3v) is 5.73. The second-order valence-electron chi connectivity index (χ2n) is 8.03. The first-order valence-electron chi connectivity index (χ1n) is 10.9. The third kappa shape index (κ3) is 4.41. The van der Waals surface area contributed by atoms with E-state index >= 15 is 0 Å². The number of nitrogens with zero attached hydrogens (tertiary/aromatic N) is 5. The van der Waals surface area contributed by atoms with Crippen molar-refractivity contribution in [1.29, 1.82) is 0 Å². The first kappa shape index (κ1) is 22.1. The molecular formula is C25H22N6O4. The summed E-state index contributed by atoms with van der Waals surface area (Å²) in [5.74, 6) is 0.533. The van der Waals surface area contributed by atoms with Crippen LogP contribution in [0.4, 0.5) is 5.69 Å². The van der Waals surface area contributed by atoms with Crippen molar-refractivity contribution < 1.29 is 13.9 Å². The lowest BCUT2D eigenvalue weighted by atomic mass is 10.2. The molecule has 0 aliphatic carbocycles. The molecule has 1 N–H and O–H groups in total. The Balaban J connectivity index is 1.23. The van der Waals surface area contributed by atoms with Crippen molar-refractivity contribution in [3.05, 3.63) is 88.2 Å². The number of aromatic nitrogens is 5. The standard InChI is InChI=1S/C25H22N6O4/c1-15-16(2)29-31(17(15)3)22-12-13-24(28-27-22)34-19-10-8-18(9-11-19)26-23(32)14-30-20-6-4-5-7-21(20)35-25(30)33/h4-13H,14H2,1-3H3,(H,26,32). The zero-order valence-corrected chi connectivity index (χ0v) is 19.3. The van der Waals surface area contributed by atoms with Crippen LogP contribution in [0.1, 0.15) is 17.0 Å². The number of aryl methyl sites for hydroxylation is 1. The van der Waals surface area contributed by atoms with Gasteiger partial charge in [0.05, 0.1) is 11.2 Å². The number of fused-ring (bicyclic) bond motifs is 1. The monoisotopic (exact) mass is 470 g/mol. The number of hydrogen-bond acceptors (Lipinski definition) is 7. The number of amides is 1. The summed E-state index contributed by atoms with van der Waals surface area (Å²) >= 11 is 0. The summed E-state index contributed by atoms with van der Waals surface area (Å²) in [4.78, 5) is 24.5. The molecule has 0 saturated carbocycles. The van der Waals surface area contributed by atoms with Crippen molar-refractivity contribution in [3.8, 4) is 17.4 Å². The molecule has 176 valence electrons. The number of anilines is 1. The molecule has 5 rings (SSSR count). The maximum atomic E-state index is 12.5. The summed E-state index contributed by atoms with van der Waals surface area (Å²) in [7, 11) is 0. The van der Waals surface area contributed by atoms with Crippen LogP contribution in [-0.2, 0) is 11.3 Å². The van der Waals surface area contributed by atoms with Gasteiger partial charge in [0.2, 0.25) is 11.8 Å². The first-order chi connectivity index (χ1) is 16.9. The van der Waals surface area contributed by atoms with Crippen LogP contribution in [0, 0.1) is 20.8 Å². The van der Waals surface area contributed by atoms with E-state index in [4.69, 9.17) is 9.15 Å². The van der Waals surface area contributed by atoms with Gasteiger partial charge in [0.25, 0.3) is 0 Å². The summed E-state index contributed by atoms with van der Waals surface area (Å²) in [6.07, 6.45) is 0. The van der Waals surface area contributed by atoms with Gasteiger partial charge >= 0.3 is 5.76 Å². The maximum Gasteiger partial charge on any atom is 0.420 e. The van der Waals surface area contributed by atoms with E-state index in [0.717, 1.165) is 17.0 Å². The molecule has 3 aromatic heterocycles. The molecule has 3 heterocycles. The van der Waals surface area contributed by atoms with E-state index in [1.54, 1.807) is 65.3 Å². The number of rotatable bonds is 6. The molecule has 0 bridgehead atoms. The van der Waals surface area contributed by atoms with Crippen molar-refractivity contribution in [2.45, 2.75) is 27.3 Å². The second kappa shape index (κ2) is 8.90. The largest absolute Gasteiger partial charge is 0.438 e. The number of hydrogen-bond donors (Lipinski definition) is 1. The number of para-hydroxylation sites is 2. The van der Waals surface area contributed by atoms with Gasteiger partial charge in [-0.25, -0.2) is 9.48 Å². The van der Waals surface area contributed by atoms with Crippen LogP contribution in [0.25, 0.3) is 16.9 Å². The molecule has 0 fully saturated rings. The Bertz CT molecular complexity index is 1580. The van der Waals surface area contributed by atoms with Crippen LogP contribution in [0.2, 0.25) is 0 Å². The predicted octanol–water partition coefficient (Wildman–Crippen LogP) is 3.93. The van der Waals surface area contributed by atoms with Crippen molar-refractivity contribution in [1.82, 2.24) is 24.5 Å². The molecule has 0 atom stereocenters. The number of oxazole rings is 1. The molecule has 10 nitrogen and oxygen atoms in total. The van der Waals surface area contributed by atoms with Gasteiger partial charge in [-0.05, 0) is 68.8 Å². The molecule has 0 aliphatic heterocycles. The van der Waals surface area contributed by atoms with E-state index in [1.165, 1.54) is 4.57 Å². The van der Waals surface area contributed by atoms with E-state index < -0.39 is 5.76 Å². The topological polar surface area (TPSA) is 117 Å². The Morgan fingerprint density at radius 2 is 1.77 bits per heavy atom. The van der Waals surface area contributed by atoms with Crippen LogP contribution in [0.3, 0.4) is 0 Å². The lowest BCUT2D eigenvalue weighted by molar-refractivity contribution is -0.116. The number of nitrogens with one attached hydrogen (secondary N) is 1. The van der Waals surface area contributed by atoms with E-state index in [9.17, 15) is 9.59 Å². The summed E-state index contributed by atoms with van der Waals surface area (Å²) in [5, 5.41) is 15.6. The van der Waals surface area contributed by atoms with Gasteiger partial charge in [-0.3, -0.25) is 9.36 Å². The van der Waals surface area contributed by atoms with Gasteiger partial charge in [0, 0.05) is 17.4 Å². The number of ether oxygens (including phenoxy) is 1. The van der Waals surface area contributed by atoms with Gasteiger partial charge in [-0.2, -0.15) is 5.10 Å². The summed E-state index contributed by atoms with van der Waals surface area (Å²) in [6, 6.07) is 17.3. The van der Waals surface area contributed by atoms with Crippen LogP contribution >= 0.6 is 0 Å².